The van der Waals surface area contributed by atoms with Crippen LogP contribution in [0.25, 0.3) is 0 Å². The van der Waals surface area contributed by atoms with E-state index in [1.54, 1.807) is 19.2 Å². The van der Waals surface area contributed by atoms with Gasteiger partial charge in [0.25, 0.3) is 0 Å². The van der Waals surface area contributed by atoms with E-state index in [0.717, 1.165) is 31.7 Å². The van der Waals surface area contributed by atoms with Crippen LogP contribution in [-0.4, -0.2) is 43.3 Å². The average Bonchev–Trinajstić information content (AvgIpc) is 2.58. The number of benzene rings is 2. The number of phenolic OH excluding ortho intramolecular Hbond substituents is 1. The van der Waals surface area contributed by atoms with Gasteiger partial charge in [-0.05, 0) is 18.2 Å². The van der Waals surface area contributed by atoms with Crippen molar-refractivity contribution in [3.05, 3.63) is 53.8 Å². The van der Waals surface area contributed by atoms with Crippen molar-refractivity contribution in [3.63, 3.8) is 0 Å². The maximum absolute atomic E-state index is 13.8. The number of hydrogen-bond donors (Lipinski definition) is 1. The van der Waals surface area contributed by atoms with Crippen molar-refractivity contribution in [2.45, 2.75) is 6.54 Å². The minimum atomic E-state index is -0.172. The number of phenols is 1. The third-order valence-corrected chi connectivity index (χ3v) is 4.25. The molecule has 1 aliphatic heterocycles. The predicted octanol–water partition coefficient (Wildman–Crippen LogP) is 2.86. The van der Waals surface area contributed by atoms with Crippen molar-refractivity contribution in [2.24, 2.45) is 0 Å². The van der Waals surface area contributed by atoms with E-state index >= 15 is 0 Å². The number of piperazine rings is 1. The van der Waals surface area contributed by atoms with Crippen molar-refractivity contribution in [2.75, 3.05) is 38.2 Å². The molecule has 0 bridgehead atoms. The Hall–Kier alpha value is -2.27. The number of anilines is 1. The van der Waals surface area contributed by atoms with Crippen LogP contribution in [0.1, 0.15) is 5.56 Å². The van der Waals surface area contributed by atoms with Crippen LogP contribution in [0, 0.1) is 5.82 Å². The monoisotopic (exact) mass is 316 g/mol. The molecular formula is C18H21FN2O2. The van der Waals surface area contributed by atoms with Gasteiger partial charge in [0.05, 0.1) is 12.8 Å². The highest BCUT2D eigenvalue weighted by Crippen LogP contribution is 2.26. The minimum absolute atomic E-state index is 0.172. The first-order valence-corrected chi connectivity index (χ1v) is 7.75. The SMILES string of the molecule is COc1ccc(CN2CCN(c3ccccc3F)CC2)c(O)c1. The summed E-state index contributed by atoms with van der Waals surface area (Å²) in [4.78, 5) is 4.33. The maximum Gasteiger partial charge on any atom is 0.146 e. The molecule has 0 radical (unpaired) electrons. The van der Waals surface area contributed by atoms with Gasteiger partial charge in [-0.1, -0.05) is 18.2 Å². The molecule has 1 saturated heterocycles. The van der Waals surface area contributed by atoms with Crippen LogP contribution in [0.4, 0.5) is 10.1 Å². The first-order valence-electron chi connectivity index (χ1n) is 7.75. The van der Waals surface area contributed by atoms with E-state index in [1.807, 2.05) is 24.3 Å². The number of nitrogens with zero attached hydrogens (tertiary/aromatic N) is 2. The van der Waals surface area contributed by atoms with Crippen LogP contribution < -0.4 is 9.64 Å². The summed E-state index contributed by atoms with van der Waals surface area (Å²) in [6, 6.07) is 12.3. The molecule has 0 unspecified atom stereocenters. The number of para-hydroxylation sites is 1. The molecule has 3 rings (SSSR count). The summed E-state index contributed by atoms with van der Waals surface area (Å²) in [5.74, 6) is 0.727. The summed E-state index contributed by atoms with van der Waals surface area (Å²) in [6.45, 7) is 3.90. The van der Waals surface area contributed by atoms with Crippen LogP contribution in [-0.2, 0) is 6.54 Å². The smallest absolute Gasteiger partial charge is 0.146 e. The zero-order chi connectivity index (χ0) is 16.2. The Morgan fingerprint density at radius 2 is 1.83 bits per heavy atom. The van der Waals surface area contributed by atoms with Gasteiger partial charge in [-0.25, -0.2) is 4.39 Å². The summed E-state index contributed by atoms with van der Waals surface area (Å²) in [7, 11) is 1.58. The van der Waals surface area contributed by atoms with Gasteiger partial charge in [-0.2, -0.15) is 0 Å². The molecule has 1 aliphatic rings. The van der Waals surface area contributed by atoms with E-state index in [0.29, 0.717) is 18.0 Å². The fourth-order valence-corrected chi connectivity index (χ4v) is 2.90. The Morgan fingerprint density at radius 1 is 1.09 bits per heavy atom. The lowest BCUT2D eigenvalue weighted by Crippen LogP contribution is -2.46. The van der Waals surface area contributed by atoms with Gasteiger partial charge in [0, 0.05) is 44.4 Å². The lowest BCUT2D eigenvalue weighted by Gasteiger charge is -2.36. The Balaban J connectivity index is 1.60. The second-order valence-electron chi connectivity index (χ2n) is 5.71. The summed E-state index contributed by atoms with van der Waals surface area (Å²) in [5.41, 5.74) is 1.55. The number of rotatable bonds is 4. The summed E-state index contributed by atoms with van der Waals surface area (Å²) in [6.07, 6.45) is 0. The summed E-state index contributed by atoms with van der Waals surface area (Å²) < 4.78 is 18.9. The Kier molecular flexibility index (Phi) is 4.67. The number of hydrogen-bond acceptors (Lipinski definition) is 4. The normalized spacial score (nSPS) is 15.7. The number of aromatic hydroxyl groups is 1. The molecule has 1 fully saturated rings. The van der Waals surface area contributed by atoms with Gasteiger partial charge in [0.1, 0.15) is 17.3 Å². The largest absolute Gasteiger partial charge is 0.507 e. The molecule has 2 aromatic carbocycles. The van der Waals surface area contributed by atoms with Crippen LogP contribution in [0.5, 0.6) is 11.5 Å². The number of methoxy groups -OCH3 is 1. The van der Waals surface area contributed by atoms with Crippen LogP contribution >= 0.6 is 0 Å². The lowest BCUT2D eigenvalue weighted by atomic mass is 10.1. The van der Waals surface area contributed by atoms with Gasteiger partial charge in [0.15, 0.2) is 0 Å². The van der Waals surface area contributed by atoms with Gasteiger partial charge < -0.3 is 14.7 Å². The fraction of sp³-hybridized carbons (Fsp3) is 0.333. The lowest BCUT2D eigenvalue weighted by molar-refractivity contribution is 0.246. The Morgan fingerprint density at radius 3 is 2.48 bits per heavy atom. The van der Waals surface area contributed by atoms with Crippen LogP contribution in [0.3, 0.4) is 0 Å². The second kappa shape index (κ2) is 6.87. The standard InChI is InChI=1S/C18H21FN2O2/c1-23-15-7-6-14(18(22)12-15)13-20-8-10-21(11-9-20)17-5-3-2-4-16(17)19/h2-7,12,22H,8-11,13H2,1H3. The molecular weight excluding hydrogens is 295 g/mol. The quantitative estimate of drug-likeness (QED) is 0.941. The summed E-state index contributed by atoms with van der Waals surface area (Å²) in [5, 5.41) is 10.1. The molecule has 0 aliphatic carbocycles. The molecule has 1 heterocycles. The van der Waals surface area contributed by atoms with Gasteiger partial charge >= 0.3 is 0 Å². The molecule has 4 nitrogen and oxygen atoms in total. The topological polar surface area (TPSA) is 35.9 Å². The molecule has 122 valence electrons. The third kappa shape index (κ3) is 3.56. The molecule has 0 amide bonds. The Labute approximate surface area is 135 Å². The van der Waals surface area contributed by atoms with E-state index in [1.165, 1.54) is 6.07 Å². The molecule has 0 atom stereocenters. The van der Waals surface area contributed by atoms with E-state index < -0.39 is 0 Å². The zero-order valence-corrected chi connectivity index (χ0v) is 13.2. The molecule has 2 aromatic rings. The highest BCUT2D eigenvalue weighted by Gasteiger charge is 2.20. The Bertz CT molecular complexity index is 670. The van der Waals surface area contributed by atoms with Gasteiger partial charge in [-0.15, -0.1) is 0 Å². The average molecular weight is 316 g/mol. The van der Waals surface area contributed by atoms with E-state index in [9.17, 15) is 9.50 Å². The summed E-state index contributed by atoms with van der Waals surface area (Å²) >= 11 is 0. The van der Waals surface area contributed by atoms with Crippen molar-refractivity contribution < 1.29 is 14.2 Å². The van der Waals surface area contributed by atoms with Crippen LogP contribution in [0.2, 0.25) is 0 Å². The second-order valence-corrected chi connectivity index (χ2v) is 5.71. The van der Waals surface area contributed by atoms with Crippen molar-refractivity contribution in [1.82, 2.24) is 4.90 Å². The first-order chi connectivity index (χ1) is 11.2. The van der Waals surface area contributed by atoms with E-state index in [4.69, 9.17) is 4.74 Å². The molecule has 1 N–H and O–H groups in total. The van der Waals surface area contributed by atoms with Gasteiger partial charge in [0.2, 0.25) is 0 Å². The molecule has 0 spiro atoms. The minimum Gasteiger partial charge on any atom is -0.507 e. The van der Waals surface area contributed by atoms with E-state index in [2.05, 4.69) is 9.80 Å². The van der Waals surface area contributed by atoms with Gasteiger partial charge in [-0.3, -0.25) is 4.90 Å². The predicted molar refractivity (Wildman–Crippen MR) is 88.5 cm³/mol. The van der Waals surface area contributed by atoms with E-state index in [-0.39, 0.29) is 11.6 Å². The third-order valence-electron chi connectivity index (χ3n) is 4.25. The molecule has 0 aromatic heterocycles. The highest BCUT2D eigenvalue weighted by atomic mass is 19.1. The molecule has 0 saturated carbocycles. The first kappa shape index (κ1) is 15.6. The zero-order valence-electron chi connectivity index (χ0n) is 13.2. The maximum atomic E-state index is 13.8. The highest BCUT2D eigenvalue weighted by molar-refractivity contribution is 5.48. The van der Waals surface area contributed by atoms with Crippen molar-refractivity contribution in [1.29, 1.82) is 0 Å². The number of halogens is 1. The van der Waals surface area contributed by atoms with Crippen molar-refractivity contribution >= 4 is 5.69 Å². The fourth-order valence-electron chi connectivity index (χ4n) is 2.90. The molecule has 23 heavy (non-hydrogen) atoms. The van der Waals surface area contributed by atoms with Crippen LogP contribution in [0.15, 0.2) is 42.5 Å². The molecule has 5 heteroatoms. The van der Waals surface area contributed by atoms with Crippen molar-refractivity contribution in [3.8, 4) is 11.5 Å². The number of ether oxygens (including phenoxy) is 1.